The number of aromatic nitrogens is 3. The van der Waals surface area contributed by atoms with Gasteiger partial charge in [-0.25, -0.2) is 0 Å². The largest absolute Gasteiger partial charge is 0.503 e. The van der Waals surface area contributed by atoms with Gasteiger partial charge in [0.15, 0.2) is 17.1 Å². The molecule has 2 rings (SSSR count). The number of rotatable bonds is 0. The number of anilines is 1. The highest BCUT2D eigenvalue weighted by atomic mass is 16.5. The van der Waals surface area contributed by atoms with Crippen LogP contribution in [-0.4, -0.2) is 34.9 Å². The number of nitrogens with two attached hydrogens (primary N) is 1. The summed E-state index contributed by atoms with van der Waals surface area (Å²) in [4.78, 5) is 0. The number of aromatic hydroxyl groups is 1. The minimum atomic E-state index is -0.729. The molecule has 0 aromatic carbocycles. The quantitative estimate of drug-likeness (QED) is 0.294. The zero-order valence-corrected chi connectivity index (χ0v) is 6.71. The van der Waals surface area contributed by atoms with Crippen molar-refractivity contribution in [3.8, 4) is 5.75 Å². The zero-order valence-electron chi connectivity index (χ0n) is 6.71. The SMILES string of the molecule is N=c1n(O)c2c(O)c(N)n(O)c2n1O. The van der Waals surface area contributed by atoms with Gasteiger partial charge in [-0.2, -0.15) is 0 Å². The van der Waals surface area contributed by atoms with E-state index in [0.717, 1.165) is 0 Å². The lowest BCUT2D eigenvalue weighted by atomic mass is 10.5. The topological polar surface area (TPSA) is 146 Å². The van der Waals surface area contributed by atoms with Crippen molar-refractivity contribution in [2.75, 3.05) is 5.73 Å². The molecule has 2 aromatic rings. The van der Waals surface area contributed by atoms with Crippen molar-refractivity contribution in [3.63, 3.8) is 0 Å². The smallest absolute Gasteiger partial charge is 0.272 e. The molecule has 2 heterocycles. The normalized spacial score (nSPS) is 11.1. The molecule has 7 N–H and O–H groups in total. The van der Waals surface area contributed by atoms with Crippen molar-refractivity contribution in [2.24, 2.45) is 0 Å². The van der Waals surface area contributed by atoms with Gasteiger partial charge in [0.2, 0.25) is 5.65 Å². The molecule has 0 aliphatic rings. The van der Waals surface area contributed by atoms with Crippen molar-refractivity contribution in [3.05, 3.63) is 5.62 Å². The maximum absolute atomic E-state index is 9.30. The molecule has 0 aliphatic heterocycles. The van der Waals surface area contributed by atoms with Gasteiger partial charge in [-0.15, -0.1) is 14.2 Å². The van der Waals surface area contributed by atoms with Crippen molar-refractivity contribution >= 4 is 17.0 Å². The molecule has 0 atom stereocenters. The molecule has 14 heavy (non-hydrogen) atoms. The second-order valence-electron chi connectivity index (χ2n) is 2.67. The monoisotopic (exact) mass is 201 g/mol. The van der Waals surface area contributed by atoms with Gasteiger partial charge in [0.05, 0.1) is 0 Å². The first kappa shape index (κ1) is 8.16. The number of nitrogens with one attached hydrogen (secondary N) is 1. The molecule has 0 radical (unpaired) electrons. The zero-order chi connectivity index (χ0) is 10.6. The summed E-state index contributed by atoms with van der Waals surface area (Å²) in [6.07, 6.45) is 0. The Morgan fingerprint density at radius 2 is 1.64 bits per heavy atom. The van der Waals surface area contributed by atoms with Crippen LogP contribution in [0.25, 0.3) is 11.2 Å². The molecule has 0 unspecified atom stereocenters. The van der Waals surface area contributed by atoms with E-state index in [9.17, 15) is 20.7 Å². The third kappa shape index (κ3) is 0.620. The van der Waals surface area contributed by atoms with E-state index in [-0.39, 0.29) is 19.7 Å². The van der Waals surface area contributed by atoms with Crippen LogP contribution >= 0.6 is 0 Å². The van der Waals surface area contributed by atoms with Crippen LogP contribution in [0.1, 0.15) is 0 Å². The fraction of sp³-hybridized carbons (Fsp3) is 0. The fourth-order valence-corrected chi connectivity index (χ4v) is 1.22. The Hall–Kier alpha value is -2.45. The van der Waals surface area contributed by atoms with Crippen molar-refractivity contribution in [1.29, 1.82) is 5.41 Å². The van der Waals surface area contributed by atoms with Crippen LogP contribution in [0.15, 0.2) is 0 Å². The van der Waals surface area contributed by atoms with E-state index in [1.807, 2.05) is 0 Å². The van der Waals surface area contributed by atoms with E-state index in [1.165, 1.54) is 0 Å². The predicted molar refractivity (Wildman–Crippen MR) is 41.4 cm³/mol. The third-order valence-corrected chi connectivity index (χ3v) is 1.92. The first-order chi connectivity index (χ1) is 6.46. The summed E-state index contributed by atoms with van der Waals surface area (Å²) in [5.74, 6) is -1.06. The van der Waals surface area contributed by atoms with E-state index < -0.39 is 22.8 Å². The fourth-order valence-electron chi connectivity index (χ4n) is 1.22. The molecule has 0 fully saturated rings. The van der Waals surface area contributed by atoms with Gasteiger partial charge >= 0.3 is 0 Å². The summed E-state index contributed by atoms with van der Waals surface area (Å²) >= 11 is 0. The Morgan fingerprint density at radius 1 is 1.07 bits per heavy atom. The number of hydrogen-bond acceptors (Lipinski definition) is 6. The summed E-state index contributed by atoms with van der Waals surface area (Å²) in [6.45, 7) is 0. The maximum atomic E-state index is 9.30. The first-order valence-corrected chi connectivity index (χ1v) is 3.45. The number of nitrogens with zero attached hydrogens (tertiary/aromatic N) is 3. The summed E-state index contributed by atoms with van der Waals surface area (Å²) in [6, 6.07) is 0. The van der Waals surface area contributed by atoms with Gasteiger partial charge in [-0.3, -0.25) is 5.41 Å². The number of fused-ring (bicyclic) bond motifs is 1. The van der Waals surface area contributed by atoms with Crippen LogP contribution in [0.3, 0.4) is 0 Å². The van der Waals surface area contributed by atoms with Crippen molar-refractivity contribution < 1.29 is 20.7 Å². The number of hydrogen-bond donors (Lipinski definition) is 6. The summed E-state index contributed by atoms with van der Waals surface area (Å²) in [5, 5.41) is 44.1. The molecular formula is C5H7N5O4. The second-order valence-corrected chi connectivity index (χ2v) is 2.67. The van der Waals surface area contributed by atoms with Crippen LogP contribution in [0, 0.1) is 5.41 Å². The van der Waals surface area contributed by atoms with Gasteiger partial charge in [0.1, 0.15) is 0 Å². The molecule has 0 spiro atoms. The Balaban J connectivity index is 3.16. The highest BCUT2D eigenvalue weighted by molar-refractivity contribution is 5.86. The summed E-state index contributed by atoms with van der Waals surface area (Å²) in [5.41, 5.74) is 3.73. The lowest BCUT2D eigenvalue weighted by Gasteiger charge is -1.96. The van der Waals surface area contributed by atoms with Crippen LogP contribution in [0.4, 0.5) is 5.82 Å². The van der Waals surface area contributed by atoms with Crippen LogP contribution in [-0.2, 0) is 0 Å². The number of nitrogen functional groups attached to an aromatic ring is 1. The van der Waals surface area contributed by atoms with Gasteiger partial charge in [-0.05, 0) is 0 Å². The standard InChI is InChI=1S/C5H7N5O4/c6-3-2(11)1-4(9(3)13)10(14)5(7)8(1)12/h7,11-14H,6H2. The van der Waals surface area contributed by atoms with E-state index >= 15 is 0 Å². The van der Waals surface area contributed by atoms with Crippen LogP contribution in [0.2, 0.25) is 0 Å². The molecule has 0 saturated carbocycles. The van der Waals surface area contributed by atoms with Gasteiger partial charge in [-0.1, -0.05) is 0 Å². The lowest BCUT2D eigenvalue weighted by Crippen LogP contribution is -2.22. The van der Waals surface area contributed by atoms with Crippen molar-refractivity contribution in [2.45, 2.75) is 0 Å². The van der Waals surface area contributed by atoms with E-state index in [0.29, 0.717) is 0 Å². The maximum Gasteiger partial charge on any atom is 0.272 e. The Bertz CT molecular complexity index is 529. The van der Waals surface area contributed by atoms with Crippen LogP contribution < -0.4 is 11.4 Å². The Kier molecular flexibility index (Phi) is 1.21. The minimum absolute atomic E-state index is 0.172. The van der Waals surface area contributed by atoms with Gasteiger partial charge in [0.25, 0.3) is 5.62 Å². The average molecular weight is 201 g/mol. The third-order valence-electron chi connectivity index (χ3n) is 1.92. The molecule has 76 valence electrons. The van der Waals surface area contributed by atoms with Gasteiger partial charge in [0, 0.05) is 0 Å². The molecule has 9 nitrogen and oxygen atoms in total. The molecule has 0 aliphatic carbocycles. The predicted octanol–water partition coefficient (Wildman–Crippen LogP) is -1.28. The van der Waals surface area contributed by atoms with E-state index in [2.05, 4.69) is 0 Å². The highest BCUT2D eigenvalue weighted by Gasteiger charge is 2.23. The van der Waals surface area contributed by atoms with Gasteiger partial charge < -0.3 is 26.5 Å². The Morgan fingerprint density at radius 3 is 2.14 bits per heavy atom. The molecule has 0 bridgehead atoms. The van der Waals surface area contributed by atoms with Crippen molar-refractivity contribution in [1.82, 2.24) is 14.2 Å². The van der Waals surface area contributed by atoms with Crippen LogP contribution in [0.5, 0.6) is 5.75 Å². The average Bonchev–Trinajstić information content (AvgIpc) is 2.51. The van der Waals surface area contributed by atoms with E-state index in [4.69, 9.17) is 11.1 Å². The summed E-state index contributed by atoms with van der Waals surface area (Å²) in [7, 11) is 0. The number of imidazole rings is 1. The lowest BCUT2D eigenvalue weighted by molar-refractivity contribution is 0.120. The van der Waals surface area contributed by atoms with E-state index in [1.54, 1.807) is 0 Å². The molecule has 9 heteroatoms. The Labute approximate surface area is 75.4 Å². The molecule has 0 saturated heterocycles. The second kappa shape index (κ2) is 2.07. The molecule has 2 aromatic heterocycles. The molecule has 0 amide bonds. The molecular weight excluding hydrogens is 194 g/mol. The summed E-state index contributed by atoms with van der Waals surface area (Å²) < 4.78 is 0.620. The minimum Gasteiger partial charge on any atom is -0.503 e. The highest BCUT2D eigenvalue weighted by Crippen LogP contribution is 2.31. The first-order valence-electron chi connectivity index (χ1n) is 3.45.